The molecular formula is C27H27N3O4. The zero-order valence-corrected chi connectivity index (χ0v) is 19.5. The van der Waals surface area contributed by atoms with Crippen LogP contribution in [0, 0.1) is 6.92 Å². The number of hydrogen-bond donors (Lipinski definition) is 1. The Hall–Kier alpha value is -4.13. The number of para-hydroxylation sites is 1. The number of nitrogens with one attached hydrogen (secondary N) is 1. The monoisotopic (exact) mass is 457 g/mol. The molecule has 0 aliphatic heterocycles. The van der Waals surface area contributed by atoms with Crippen LogP contribution >= 0.6 is 0 Å². The van der Waals surface area contributed by atoms with Crippen LogP contribution in [0.2, 0.25) is 0 Å². The van der Waals surface area contributed by atoms with Crippen LogP contribution in [0.1, 0.15) is 34.1 Å². The Morgan fingerprint density at radius 3 is 2.59 bits per heavy atom. The zero-order chi connectivity index (χ0) is 24.1. The lowest BCUT2D eigenvalue weighted by Crippen LogP contribution is -2.25. The molecule has 4 rings (SSSR count). The highest BCUT2D eigenvalue weighted by Crippen LogP contribution is 2.19. The maximum absolute atomic E-state index is 13.2. The minimum Gasteiger partial charge on any atom is -0.497 e. The molecule has 0 atom stereocenters. The number of ether oxygens (including phenoxy) is 2. The minimum absolute atomic E-state index is 0.198. The predicted molar refractivity (Wildman–Crippen MR) is 132 cm³/mol. The molecule has 0 saturated carbocycles. The molecule has 7 heteroatoms. The number of aromatic nitrogens is 2. The summed E-state index contributed by atoms with van der Waals surface area (Å²) in [6.45, 7) is 4.94. The molecular weight excluding hydrogens is 430 g/mol. The van der Waals surface area contributed by atoms with E-state index in [0.717, 1.165) is 22.6 Å². The van der Waals surface area contributed by atoms with Crippen LogP contribution in [0.5, 0.6) is 11.5 Å². The number of hydrogen-bond acceptors (Lipinski definition) is 5. The van der Waals surface area contributed by atoms with Crippen molar-refractivity contribution in [1.82, 2.24) is 14.9 Å². The number of carbonyl (C=O) groups excluding carboxylic acids is 1. The fraction of sp³-hybridized carbons (Fsp3) is 0.222. The molecule has 1 amide bonds. The summed E-state index contributed by atoms with van der Waals surface area (Å²) < 4.78 is 12.4. The maximum Gasteiger partial charge on any atom is 0.260 e. The summed E-state index contributed by atoms with van der Waals surface area (Å²) in [5, 5.41) is 3.33. The molecule has 2 aromatic carbocycles. The molecule has 7 nitrogen and oxygen atoms in total. The largest absolute Gasteiger partial charge is 0.497 e. The topological polar surface area (TPSA) is 82.5 Å². The smallest absolute Gasteiger partial charge is 0.260 e. The SMILES string of the molecule is CCOc1ccccc1CNC(=O)c1cc2c(=O)n(Cc3ccc(OC)cc3)ccc2nc1C. The van der Waals surface area contributed by atoms with Crippen LogP contribution in [-0.4, -0.2) is 29.2 Å². The lowest BCUT2D eigenvalue weighted by Gasteiger charge is -2.13. The molecule has 1 N–H and O–H groups in total. The lowest BCUT2D eigenvalue weighted by atomic mass is 10.1. The van der Waals surface area contributed by atoms with Crippen molar-refractivity contribution in [2.45, 2.75) is 26.9 Å². The fourth-order valence-electron chi connectivity index (χ4n) is 3.80. The summed E-state index contributed by atoms with van der Waals surface area (Å²) >= 11 is 0. The summed E-state index contributed by atoms with van der Waals surface area (Å²) in [5.74, 6) is 1.21. The normalized spacial score (nSPS) is 10.8. The molecule has 0 aliphatic rings. The van der Waals surface area contributed by atoms with Gasteiger partial charge in [-0.1, -0.05) is 30.3 Å². The van der Waals surface area contributed by atoms with E-state index in [1.165, 1.54) is 0 Å². The second-order valence-corrected chi connectivity index (χ2v) is 7.87. The third-order valence-corrected chi connectivity index (χ3v) is 5.61. The highest BCUT2D eigenvalue weighted by Gasteiger charge is 2.15. The Morgan fingerprint density at radius 2 is 1.85 bits per heavy atom. The Morgan fingerprint density at radius 1 is 1.09 bits per heavy atom. The molecule has 0 unspecified atom stereocenters. The van der Waals surface area contributed by atoms with Gasteiger partial charge in [-0.2, -0.15) is 0 Å². The predicted octanol–water partition coefficient (Wildman–Crippen LogP) is 4.09. The van der Waals surface area contributed by atoms with Crippen molar-refractivity contribution in [1.29, 1.82) is 0 Å². The minimum atomic E-state index is -0.289. The summed E-state index contributed by atoms with van der Waals surface area (Å²) in [4.78, 5) is 30.7. The van der Waals surface area contributed by atoms with E-state index < -0.39 is 0 Å². The van der Waals surface area contributed by atoms with Crippen molar-refractivity contribution in [3.05, 3.63) is 99.6 Å². The quantitative estimate of drug-likeness (QED) is 0.431. The van der Waals surface area contributed by atoms with Crippen molar-refractivity contribution < 1.29 is 14.3 Å². The number of rotatable bonds is 8. The molecule has 2 aromatic heterocycles. The Balaban J connectivity index is 1.59. The number of pyridine rings is 2. The number of methoxy groups -OCH3 is 1. The second kappa shape index (κ2) is 10.2. The summed E-state index contributed by atoms with van der Waals surface area (Å²) in [6, 6.07) is 18.6. The number of carbonyl (C=O) groups is 1. The maximum atomic E-state index is 13.2. The average molecular weight is 458 g/mol. The van der Waals surface area contributed by atoms with Crippen LogP contribution in [0.4, 0.5) is 0 Å². The van der Waals surface area contributed by atoms with Gasteiger partial charge in [-0.3, -0.25) is 14.6 Å². The van der Waals surface area contributed by atoms with Gasteiger partial charge in [0, 0.05) is 18.3 Å². The third kappa shape index (κ3) is 4.93. The van der Waals surface area contributed by atoms with E-state index in [1.807, 2.05) is 55.5 Å². The van der Waals surface area contributed by atoms with E-state index in [1.54, 1.807) is 36.9 Å². The van der Waals surface area contributed by atoms with Gasteiger partial charge in [-0.05, 0) is 49.7 Å². The van der Waals surface area contributed by atoms with Gasteiger partial charge in [0.1, 0.15) is 11.5 Å². The first-order valence-corrected chi connectivity index (χ1v) is 11.1. The first kappa shape index (κ1) is 23.0. The standard InChI is InChI=1S/C27H27N3O4/c1-4-34-25-8-6-5-7-20(25)16-28-26(31)22-15-23-24(29-18(22)2)13-14-30(27(23)32)17-19-9-11-21(33-3)12-10-19/h5-15H,4,16-17H2,1-3H3,(H,28,31). The molecule has 174 valence electrons. The Bertz CT molecular complexity index is 1380. The van der Waals surface area contributed by atoms with Crippen LogP contribution in [0.25, 0.3) is 10.9 Å². The van der Waals surface area contributed by atoms with E-state index in [0.29, 0.717) is 41.9 Å². The molecule has 0 saturated heterocycles. The molecule has 0 bridgehead atoms. The zero-order valence-electron chi connectivity index (χ0n) is 19.5. The number of amides is 1. The number of aryl methyl sites for hydroxylation is 1. The molecule has 34 heavy (non-hydrogen) atoms. The third-order valence-electron chi connectivity index (χ3n) is 5.61. The van der Waals surface area contributed by atoms with Gasteiger partial charge in [-0.25, -0.2) is 0 Å². The molecule has 0 radical (unpaired) electrons. The molecule has 0 fully saturated rings. The van der Waals surface area contributed by atoms with Gasteiger partial charge in [-0.15, -0.1) is 0 Å². The van der Waals surface area contributed by atoms with Gasteiger partial charge in [0.05, 0.1) is 42.4 Å². The number of fused-ring (bicyclic) bond motifs is 1. The lowest BCUT2D eigenvalue weighted by molar-refractivity contribution is 0.0949. The number of nitrogens with zero attached hydrogens (tertiary/aromatic N) is 2. The first-order chi connectivity index (χ1) is 16.5. The van der Waals surface area contributed by atoms with E-state index >= 15 is 0 Å². The van der Waals surface area contributed by atoms with E-state index in [9.17, 15) is 9.59 Å². The summed E-state index contributed by atoms with van der Waals surface area (Å²) in [5.41, 5.74) is 3.15. The van der Waals surface area contributed by atoms with Gasteiger partial charge in [0.15, 0.2) is 0 Å². The van der Waals surface area contributed by atoms with E-state index in [2.05, 4.69) is 10.3 Å². The molecule has 4 aromatic rings. The van der Waals surface area contributed by atoms with Crippen molar-refractivity contribution in [3.63, 3.8) is 0 Å². The van der Waals surface area contributed by atoms with Gasteiger partial charge in [0.25, 0.3) is 11.5 Å². The van der Waals surface area contributed by atoms with Crippen LogP contribution < -0.4 is 20.3 Å². The van der Waals surface area contributed by atoms with Crippen LogP contribution in [0.15, 0.2) is 71.7 Å². The Labute approximate surface area is 198 Å². The average Bonchev–Trinajstić information content (AvgIpc) is 2.85. The molecule has 0 aliphatic carbocycles. The van der Waals surface area contributed by atoms with Crippen molar-refractivity contribution >= 4 is 16.8 Å². The van der Waals surface area contributed by atoms with Gasteiger partial charge >= 0.3 is 0 Å². The van der Waals surface area contributed by atoms with Crippen LogP contribution in [-0.2, 0) is 13.1 Å². The Kier molecular flexibility index (Phi) is 6.92. The van der Waals surface area contributed by atoms with Crippen molar-refractivity contribution in [2.24, 2.45) is 0 Å². The van der Waals surface area contributed by atoms with Gasteiger partial charge < -0.3 is 19.4 Å². The fourth-order valence-corrected chi connectivity index (χ4v) is 3.80. The highest BCUT2D eigenvalue weighted by molar-refractivity contribution is 5.98. The van der Waals surface area contributed by atoms with Crippen molar-refractivity contribution in [2.75, 3.05) is 13.7 Å². The van der Waals surface area contributed by atoms with Gasteiger partial charge in [0.2, 0.25) is 0 Å². The molecule has 2 heterocycles. The highest BCUT2D eigenvalue weighted by atomic mass is 16.5. The second-order valence-electron chi connectivity index (χ2n) is 7.87. The van der Waals surface area contributed by atoms with E-state index in [4.69, 9.17) is 9.47 Å². The summed E-state index contributed by atoms with van der Waals surface area (Å²) in [6.07, 6.45) is 1.73. The summed E-state index contributed by atoms with van der Waals surface area (Å²) in [7, 11) is 1.61. The van der Waals surface area contributed by atoms with E-state index in [-0.39, 0.29) is 11.5 Å². The van der Waals surface area contributed by atoms with Crippen molar-refractivity contribution in [3.8, 4) is 11.5 Å². The van der Waals surface area contributed by atoms with Crippen LogP contribution in [0.3, 0.4) is 0 Å². The first-order valence-electron chi connectivity index (χ1n) is 11.1. The molecule has 0 spiro atoms. The number of benzene rings is 2.